The first-order valence-electron chi connectivity index (χ1n) is 9.35. The summed E-state index contributed by atoms with van der Waals surface area (Å²) in [5.74, 6) is -0.561. The Morgan fingerprint density at radius 2 is 2.00 bits per heavy atom. The van der Waals surface area contributed by atoms with Crippen molar-refractivity contribution in [1.82, 2.24) is 9.80 Å². The van der Waals surface area contributed by atoms with Crippen molar-refractivity contribution in [2.24, 2.45) is 0 Å². The molecule has 1 amide bonds. The van der Waals surface area contributed by atoms with Gasteiger partial charge in [-0.3, -0.25) is 0 Å². The molecule has 1 spiro atoms. The highest BCUT2D eigenvalue weighted by atomic mass is 19.1. The number of carbonyl (C=O) groups is 1. The van der Waals surface area contributed by atoms with E-state index in [-0.39, 0.29) is 27.1 Å². The van der Waals surface area contributed by atoms with Crippen LogP contribution in [0.25, 0.3) is 0 Å². The molecule has 0 radical (unpaired) electrons. The van der Waals surface area contributed by atoms with Gasteiger partial charge in [0.1, 0.15) is 35.9 Å². The Bertz CT molecular complexity index is 905. The smallest absolute Gasteiger partial charge is 0.354 e. The standard InChI is InChI=1S/C22H23FN2O2/c1-2-13-25(21(27)17-5-3-4-6-19(17)23)15-22(9-11-24-12-10-22)18-14-16(26)7-8-20(18)25/h2-8,14,24H,1,9-13,15H2/p+1. The molecule has 4 nitrogen and oxygen atoms in total. The largest absolute Gasteiger partial charge is 0.508 e. The molecule has 140 valence electrons. The lowest BCUT2D eigenvalue weighted by Gasteiger charge is -2.36. The summed E-state index contributed by atoms with van der Waals surface area (Å²) in [6, 6.07) is 11.4. The van der Waals surface area contributed by atoms with E-state index in [4.69, 9.17) is 0 Å². The van der Waals surface area contributed by atoms with Gasteiger partial charge in [0.15, 0.2) is 0 Å². The Labute approximate surface area is 158 Å². The number of hydrogen-bond acceptors (Lipinski definition) is 3. The van der Waals surface area contributed by atoms with E-state index >= 15 is 0 Å². The second-order valence-corrected chi connectivity index (χ2v) is 7.61. The van der Waals surface area contributed by atoms with Crippen molar-refractivity contribution in [3.63, 3.8) is 0 Å². The lowest BCUT2D eigenvalue weighted by molar-refractivity contribution is 0.0754. The van der Waals surface area contributed by atoms with Crippen molar-refractivity contribution in [1.29, 1.82) is 0 Å². The number of hydrogen-bond donors (Lipinski definition) is 2. The van der Waals surface area contributed by atoms with Crippen LogP contribution in [-0.2, 0) is 5.41 Å². The summed E-state index contributed by atoms with van der Waals surface area (Å²) in [7, 11) is 0. The molecule has 2 aromatic rings. The average Bonchev–Trinajstić information content (AvgIpc) is 2.92. The molecule has 2 N–H and O–H groups in total. The number of aromatic hydroxyl groups is 1. The summed E-state index contributed by atoms with van der Waals surface area (Å²) in [5.41, 5.74) is 1.76. The number of fused-ring (bicyclic) bond motifs is 2. The Morgan fingerprint density at radius 3 is 2.70 bits per heavy atom. The zero-order valence-electron chi connectivity index (χ0n) is 15.2. The van der Waals surface area contributed by atoms with Gasteiger partial charge in [-0.05, 0) is 56.3 Å². The minimum absolute atomic E-state index is 0.0139. The molecule has 0 aliphatic carbocycles. The Hall–Kier alpha value is -2.50. The van der Waals surface area contributed by atoms with E-state index < -0.39 is 5.82 Å². The van der Waals surface area contributed by atoms with Gasteiger partial charge in [-0.2, -0.15) is 0 Å². The van der Waals surface area contributed by atoms with E-state index in [1.807, 2.05) is 6.07 Å². The van der Waals surface area contributed by atoms with Crippen molar-refractivity contribution in [2.75, 3.05) is 26.2 Å². The van der Waals surface area contributed by atoms with Crippen LogP contribution in [0.2, 0.25) is 0 Å². The van der Waals surface area contributed by atoms with Gasteiger partial charge < -0.3 is 10.4 Å². The fourth-order valence-electron chi connectivity index (χ4n) is 4.85. The van der Waals surface area contributed by atoms with Crippen molar-refractivity contribution in [3.8, 4) is 5.75 Å². The van der Waals surface area contributed by atoms with Gasteiger partial charge in [0.25, 0.3) is 0 Å². The van der Waals surface area contributed by atoms with E-state index in [1.54, 1.807) is 36.4 Å². The molecule has 1 saturated heterocycles. The quantitative estimate of drug-likeness (QED) is 0.645. The van der Waals surface area contributed by atoms with Crippen LogP contribution < -0.4 is 9.80 Å². The van der Waals surface area contributed by atoms with Crippen LogP contribution in [-0.4, -0.2) is 37.2 Å². The molecule has 2 aliphatic heterocycles. The zero-order valence-corrected chi connectivity index (χ0v) is 15.2. The van der Waals surface area contributed by atoms with Gasteiger partial charge in [0, 0.05) is 11.6 Å². The number of nitrogens with zero attached hydrogens (tertiary/aromatic N) is 1. The Kier molecular flexibility index (Phi) is 4.36. The van der Waals surface area contributed by atoms with Crippen LogP contribution >= 0.6 is 0 Å². The van der Waals surface area contributed by atoms with Crippen molar-refractivity contribution in [2.45, 2.75) is 18.3 Å². The lowest BCUT2D eigenvalue weighted by atomic mass is 9.74. The molecule has 1 atom stereocenters. The third-order valence-corrected chi connectivity index (χ3v) is 6.08. The number of nitrogens with one attached hydrogen (secondary N) is 1. The fraction of sp³-hybridized carbons (Fsp3) is 0.318. The van der Waals surface area contributed by atoms with Crippen LogP contribution in [0.15, 0.2) is 55.1 Å². The molecule has 0 bridgehead atoms. The molecule has 2 aliphatic rings. The molecule has 5 heteroatoms. The first-order valence-corrected chi connectivity index (χ1v) is 9.35. The van der Waals surface area contributed by atoms with Crippen molar-refractivity contribution in [3.05, 3.63) is 72.1 Å². The highest BCUT2D eigenvalue weighted by Crippen LogP contribution is 2.51. The molecule has 1 fully saturated rings. The summed E-state index contributed by atoms with van der Waals surface area (Å²) in [6.07, 6.45) is 3.49. The van der Waals surface area contributed by atoms with Crippen LogP contribution in [0.4, 0.5) is 10.1 Å². The van der Waals surface area contributed by atoms with Gasteiger partial charge in [-0.1, -0.05) is 18.7 Å². The number of rotatable bonds is 3. The van der Waals surface area contributed by atoms with Gasteiger partial charge in [-0.15, -0.1) is 0 Å². The minimum Gasteiger partial charge on any atom is -0.508 e. The van der Waals surface area contributed by atoms with Gasteiger partial charge in [0.05, 0.1) is 5.41 Å². The van der Waals surface area contributed by atoms with Crippen LogP contribution in [0, 0.1) is 5.82 Å². The number of piperidine rings is 1. The van der Waals surface area contributed by atoms with E-state index in [0.717, 1.165) is 37.2 Å². The third kappa shape index (κ3) is 2.69. The molecule has 2 aromatic carbocycles. The summed E-state index contributed by atoms with van der Waals surface area (Å²) in [5, 5.41) is 13.5. The summed E-state index contributed by atoms with van der Waals surface area (Å²) < 4.78 is 14.5. The first-order chi connectivity index (χ1) is 13.0. The van der Waals surface area contributed by atoms with Crippen molar-refractivity contribution >= 4 is 11.6 Å². The van der Waals surface area contributed by atoms with Gasteiger partial charge in [0.2, 0.25) is 0 Å². The Morgan fingerprint density at radius 1 is 1.26 bits per heavy atom. The summed E-state index contributed by atoms with van der Waals surface area (Å²) >= 11 is 0. The number of benzene rings is 2. The van der Waals surface area contributed by atoms with E-state index in [9.17, 15) is 14.3 Å². The maximum Gasteiger partial charge on any atom is 0.354 e. The average molecular weight is 367 g/mol. The maximum absolute atomic E-state index is 14.5. The van der Waals surface area contributed by atoms with Crippen LogP contribution in [0.1, 0.15) is 28.8 Å². The molecule has 4 rings (SSSR count). The Balaban J connectivity index is 1.92. The molecule has 1 unspecified atom stereocenters. The topological polar surface area (TPSA) is 49.3 Å². The molecular weight excluding hydrogens is 343 g/mol. The van der Waals surface area contributed by atoms with E-state index in [2.05, 4.69) is 11.9 Å². The van der Waals surface area contributed by atoms with Crippen LogP contribution in [0.5, 0.6) is 5.75 Å². The SMILES string of the molecule is C=CC[N+]1(C(=O)c2ccccc2F)CC2(CCNCC2)c2cc(O)ccc21. The summed E-state index contributed by atoms with van der Waals surface area (Å²) in [4.78, 5) is 13.7. The molecule has 0 saturated carbocycles. The number of carbonyl (C=O) groups excluding carboxylic acids is 1. The maximum atomic E-state index is 14.5. The summed E-state index contributed by atoms with van der Waals surface area (Å²) in [6.45, 7) is 6.54. The predicted octanol–water partition coefficient (Wildman–Crippen LogP) is 3.50. The highest BCUT2D eigenvalue weighted by Gasteiger charge is 2.57. The van der Waals surface area contributed by atoms with E-state index in [0.29, 0.717) is 13.1 Å². The zero-order chi connectivity index (χ0) is 19.1. The number of halogens is 1. The highest BCUT2D eigenvalue weighted by molar-refractivity contribution is 6.04. The van der Waals surface area contributed by atoms with E-state index in [1.165, 1.54) is 6.07 Å². The lowest BCUT2D eigenvalue weighted by Crippen LogP contribution is -2.57. The monoisotopic (exact) mass is 367 g/mol. The minimum atomic E-state index is -0.504. The number of quaternary nitrogens is 1. The number of phenolic OH excluding ortho intramolecular Hbond substituents is 1. The van der Waals surface area contributed by atoms with Crippen LogP contribution in [0.3, 0.4) is 0 Å². The molecule has 27 heavy (non-hydrogen) atoms. The normalized spacial score (nSPS) is 23.1. The van der Waals surface area contributed by atoms with Crippen molar-refractivity contribution < 1.29 is 14.3 Å². The second-order valence-electron chi connectivity index (χ2n) is 7.61. The predicted molar refractivity (Wildman–Crippen MR) is 104 cm³/mol. The van der Waals surface area contributed by atoms with Gasteiger partial charge >= 0.3 is 5.91 Å². The molecule has 0 aromatic heterocycles. The molecular formula is C22H24FN2O2+. The third-order valence-electron chi connectivity index (χ3n) is 6.08. The molecule has 2 heterocycles. The second kappa shape index (κ2) is 6.59. The van der Waals surface area contributed by atoms with Gasteiger partial charge in [-0.25, -0.2) is 13.7 Å². The number of amides is 1. The number of phenols is 1. The fourth-order valence-corrected chi connectivity index (χ4v) is 4.85. The first kappa shape index (κ1) is 17.9.